The Morgan fingerprint density at radius 2 is 2.00 bits per heavy atom. The van der Waals surface area contributed by atoms with Crippen LogP contribution in [0.1, 0.15) is 19.3 Å². The van der Waals surface area contributed by atoms with E-state index in [0.29, 0.717) is 5.52 Å². The third-order valence-corrected chi connectivity index (χ3v) is 2.15. The number of hydrogen-bond donors (Lipinski definition) is 1. The summed E-state index contributed by atoms with van der Waals surface area (Å²) in [5, 5.41) is 7.04. The van der Waals surface area contributed by atoms with E-state index in [-0.39, 0.29) is 5.02 Å². The van der Waals surface area contributed by atoms with Crippen molar-refractivity contribution in [2.24, 2.45) is 0 Å². The molecular formula is C10H10ClFN2. The van der Waals surface area contributed by atoms with Crippen LogP contribution in [-0.4, -0.2) is 10.2 Å². The van der Waals surface area contributed by atoms with Gasteiger partial charge in [0.15, 0.2) is 5.82 Å². The summed E-state index contributed by atoms with van der Waals surface area (Å²) in [5.41, 5.74) is 0.359. The van der Waals surface area contributed by atoms with Gasteiger partial charge >= 0.3 is 0 Å². The maximum absolute atomic E-state index is 13.0. The highest BCUT2D eigenvalue weighted by Gasteiger charge is 2.05. The van der Waals surface area contributed by atoms with Crippen LogP contribution in [0, 0.1) is 5.82 Å². The standard InChI is InChI=1S/C7H4ClFN2.C3H6/c8-5-2-1-4-3-10-11-7(4)6(5)9;1-2-3-1/h1-3H,(H,10,11);1-3H2. The summed E-state index contributed by atoms with van der Waals surface area (Å²) in [6, 6.07) is 3.22. The lowest BCUT2D eigenvalue weighted by atomic mass is 10.2. The van der Waals surface area contributed by atoms with E-state index < -0.39 is 5.82 Å². The van der Waals surface area contributed by atoms with Crippen molar-refractivity contribution in [3.8, 4) is 0 Å². The van der Waals surface area contributed by atoms with Crippen LogP contribution >= 0.6 is 11.6 Å². The molecular weight excluding hydrogens is 203 g/mol. The number of halogens is 2. The number of aromatic amines is 1. The zero-order valence-corrected chi connectivity index (χ0v) is 8.31. The number of hydrogen-bond acceptors (Lipinski definition) is 1. The maximum Gasteiger partial charge on any atom is 0.167 e. The Kier molecular flexibility index (Phi) is 2.68. The van der Waals surface area contributed by atoms with Gasteiger partial charge in [0.1, 0.15) is 5.52 Å². The molecule has 1 N–H and O–H groups in total. The van der Waals surface area contributed by atoms with Gasteiger partial charge in [-0.2, -0.15) is 5.10 Å². The minimum Gasteiger partial charge on any atom is -0.275 e. The van der Waals surface area contributed by atoms with E-state index in [2.05, 4.69) is 10.2 Å². The van der Waals surface area contributed by atoms with Crippen molar-refractivity contribution in [2.45, 2.75) is 19.3 Å². The molecule has 0 aliphatic heterocycles. The van der Waals surface area contributed by atoms with E-state index in [1.165, 1.54) is 25.3 Å². The Labute approximate surface area is 86.1 Å². The van der Waals surface area contributed by atoms with E-state index >= 15 is 0 Å². The van der Waals surface area contributed by atoms with Gasteiger partial charge in [-0.05, 0) is 12.1 Å². The third kappa shape index (κ3) is 2.04. The zero-order chi connectivity index (χ0) is 9.97. The van der Waals surface area contributed by atoms with Gasteiger partial charge in [-0.3, -0.25) is 5.10 Å². The van der Waals surface area contributed by atoms with Crippen LogP contribution in [0.25, 0.3) is 10.9 Å². The van der Waals surface area contributed by atoms with Gasteiger partial charge in [0, 0.05) is 5.39 Å². The van der Waals surface area contributed by atoms with E-state index in [0.717, 1.165) is 5.39 Å². The molecule has 2 nitrogen and oxygen atoms in total. The topological polar surface area (TPSA) is 28.7 Å². The second-order valence-corrected chi connectivity index (χ2v) is 3.66. The molecule has 1 heterocycles. The lowest BCUT2D eigenvalue weighted by molar-refractivity contribution is 0.636. The normalized spacial score (nSPS) is 13.6. The molecule has 0 bridgehead atoms. The molecule has 1 aromatic heterocycles. The average Bonchev–Trinajstić information content (AvgIpc) is 2.99. The quantitative estimate of drug-likeness (QED) is 0.711. The summed E-state index contributed by atoms with van der Waals surface area (Å²) in [4.78, 5) is 0. The van der Waals surface area contributed by atoms with E-state index in [1.54, 1.807) is 12.3 Å². The smallest absolute Gasteiger partial charge is 0.167 e. The molecule has 0 spiro atoms. The number of H-pyrrole nitrogens is 1. The Hall–Kier alpha value is -1.09. The predicted octanol–water partition coefficient (Wildman–Crippen LogP) is 3.53. The summed E-state index contributed by atoms with van der Waals surface area (Å²) in [7, 11) is 0. The molecule has 0 radical (unpaired) electrons. The van der Waals surface area contributed by atoms with E-state index in [9.17, 15) is 4.39 Å². The minimum absolute atomic E-state index is 0.113. The lowest BCUT2D eigenvalue weighted by Gasteiger charge is -1.92. The summed E-state index contributed by atoms with van der Waals surface area (Å²) in [5.74, 6) is -0.443. The summed E-state index contributed by atoms with van der Waals surface area (Å²) < 4.78 is 13.0. The van der Waals surface area contributed by atoms with Crippen molar-refractivity contribution in [3.05, 3.63) is 29.2 Å². The molecule has 74 valence electrons. The van der Waals surface area contributed by atoms with Crippen LogP contribution in [0.5, 0.6) is 0 Å². The molecule has 14 heavy (non-hydrogen) atoms. The highest BCUT2D eigenvalue weighted by Crippen LogP contribution is 2.21. The number of benzene rings is 1. The third-order valence-electron chi connectivity index (χ3n) is 1.86. The monoisotopic (exact) mass is 212 g/mol. The fraction of sp³-hybridized carbons (Fsp3) is 0.300. The Balaban J connectivity index is 0.000000214. The first-order valence-corrected chi connectivity index (χ1v) is 4.94. The summed E-state index contributed by atoms with van der Waals surface area (Å²) >= 11 is 5.52. The van der Waals surface area contributed by atoms with Crippen LogP contribution in [0.15, 0.2) is 18.3 Å². The Morgan fingerprint density at radius 3 is 2.64 bits per heavy atom. The number of fused-ring (bicyclic) bond motifs is 1. The highest BCUT2D eigenvalue weighted by atomic mass is 35.5. The molecule has 4 heteroatoms. The number of nitrogens with one attached hydrogen (secondary N) is 1. The van der Waals surface area contributed by atoms with Crippen LogP contribution in [0.4, 0.5) is 4.39 Å². The van der Waals surface area contributed by atoms with Crippen molar-refractivity contribution in [1.29, 1.82) is 0 Å². The highest BCUT2D eigenvalue weighted by molar-refractivity contribution is 6.31. The molecule has 1 saturated carbocycles. The second kappa shape index (κ2) is 3.96. The van der Waals surface area contributed by atoms with Gasteiger partial charge in [0.05, 0.1) is 11.2 Å². The van der Waals surface area contributed by atoms with Crippen molar-refractivity contribution >= 4 is 22.5 Å². The molecule has 2 aromatic rings. The van der Waals surface area contributed by atoms with Crippen molar-refractivity contribution in [1.82, 2.24) is 10.2 Å². The Bertz CT molecular complexity index is 434. The van der Waals surface area contributed by atoms with Gasteiger partial charge < -0.3 is 0 Å². The van der Waals surface area contributed by atoms with Gasteiger partial charge in [-0.25, -0.2) is 4.39 Å². The summed E-state index contributed by atoms with van der Waals surface area (Å²) in [6.07, 6.45) is 6.05. The zero-order valence-electron chi connectivity index (χ0n) is 7.56. The molecule has 0 amide bonds. The van der Waals surface area contributed by atoms with Crippen molar-refractivity contribution in [3.63, 3.8) is 0 Å². The molecule has 1 fully saturated rings. The first-order chi connectivity index (χ1) is 6.79. The molecule has 0 atom stereocenters. The molecule has 0 unspecified atom stereocenters. The van der Waals surface area contributed by atoms with Gasteiger partial charge in [0.2, 0.25) is 0 Å². The number of rotatable bonds is 0. The van der Waals surface area contributed by atoms with Crippen LogP contribution < -0.4 is 0 Å². The molecule has 1 aliphatic rings. The molecule has 1 aromatic carbocycles. The number of aromatic nitrogens is 2. The predicted molar refractivity (Wildman–Crippen MR) is 54.9 cm³/mol. The van der Waals surface area contributed by atoms with E-state index in [1.807, 2.05) is 0 Å². The fourth-order valence-electron chi connectivity index (χ4n) is 0.953. The van der Waals surface area contributed by atoms with Gasteiger partial charge in [-0.1, -0.05) is 30.9 Å². The minimum atomic E-state index is -0.443. The molecule has 3 rings (SSSR count). The van der Waals surface area contributed by atoms with Gasteiger partial charge in [0.25, 0.3) is 0 Å². The first kappa shape index (κ1) is 9.46. The summed E-state index contributed by atoms with van der Waals surface area (Å²) in [6.45, 7) is 0. The van der Waals surface area contributed by atoms with Crippen LogP contribution in [0.2, 0.25) is 5.02 Å². The van der Waals surface area contributed by atoms with Crippen molar-refractivity contribution in [2.75, 3.05) is 0 Å². The van der Waals surface area contributed by atoms with Crippen LogP contribution in [-0.2, 0) is 0 Å². The largest absolute Gasteiger partial charge is 0.275 e. The van der Waals surface area contributed by atoms with Crippen molar-refractivity contribution < 1.29 is 4.39 Å². The second-order valence-electron chi connectivity index (χ2n) is 3.26. The Morgan fingerprint density at radius 1 is 1.29 bits per heavy atom. The lowest BCUT2D eigenvalue weighted by Crippen LogP contribution is -1.78. The first-order valence-electron chi connectivity index (χ1n) is 4.56. The molecule has 0 saturated heterocycles. The maximum atomic E-state index is 13.0. The fourth-order valence-corrected chi connectivity index (χ4v) is 1.11. The average molecular weight is 213 g/mol. The SMILES string of the molecule is C1CC1.Fc1c(Cl)ccc2cn[nH]c12. The van der Waals surface area contributed by atoms with Gasteiger partial charge in [-0.15, -0.1) is 0 Å². The van der Waals surface area contributed by atoms with Crippen LogP contribution in [0.3, 0.4) is 0 Å². The number of nitrogens with zero attached hydrogens (tertiary/aromatic N) is 1. The van der Waals surface area contributed by atoms with E-state index in [4.69, 9.17) is 11.6 Å². The molecule has 1 aliphatic carbocycles.